The van der Waals surface area contributed by atoms with Gasteiger partial charge in [0.15, 0.2) is 0 Å². The van der Waals surface area contributed by atoms with Crippen LogP contribution in [0, 0.1) is 0 Å². The number of sulfonamides is 1. The molecule has 2 fully saturated rings. The van der Waals surface area contributed by atoms with Crippen molar-refractivity contribution in [3.8, 4) is 5.75 Å². The molecular formula is C16H21N3O5S2. The molecule has 10 heteroatoms. The molecule has 0 N–H and O–H groups in total. The number of piperazine rings is 1. The fourth-order valence-corrected chi connectivity index (χ4v) is 5.20. The minimum absolute atomic E-state index is 0.0240. The standard InChI is InChI=1S/C16H21N3O5S2/c1-24-13-2-4-14(5-3-13)26(22,23)19-8-6-17(7-9-19)15(20)10-18-12-25-11-16(18)21/h2-5H,6-12H2,1H3. The Morgan fingerprint density at radius 1 is 1.15 bits per heavy atom. The summed E-state index contributed by atoms with van der Waals surface area (Å²) in [7, 11) is -2.07. The molecule has 0 unspecified atom stereocenters. The lowest BCUT2D eigenvalue weighted by molar-refractivity contribution is -0.138. The van der Waals surface area contributed by atoms with E-state index in [0.717, 1.165) is 0 Å². The Morgan fingerprint density at radius 2 is 1.81 bits per heavy atom. The molecule has 3 rings (SSSR count). The second-order valence-electron chi connectivity index (χ2n) is 6.03. The van der Waals surface area contributed by atoms with Gasteiger partial charge >= 0.3 is 0 Å². The van der Waals surface area contributed by atoms with Gasteiger partial charge in [0.05, 0.1) is 23.6 Å². The molecule has 1 aromatic carbocycles. The third-order valence-electron chi connectivity index (χ3n) is 4.44. The molecule has 0 aromatic heterocycles. The Labute approximate surface area is 157 Å². The molecule has 0 bridgehead atoms. The highest BCUT2D eigenvalue weighted by molar-refractivity contribution is 8.00. The predicted molar refractivity (Wildman–Crippen MR) is 97.4 cm³/mol. The van der Waals surface area contributed by atoms with Crippen LogP contribution < -0.4 is 4.74 Å². The number of hydrogen-bond donors (Lipinski definition) is 0. The van der Waals surface area contributed by atoms with Crippen molar-refractivity contribution in [3.63, 3.8) is 0 Å². The third-order valence-corrected chi connectivity index (χ3v) is 7.30. The van der Waals surface area contributed by atoms with Gasteiger partial charge in [0.25, 0.3) is 0 Å². The van der Waals surface area contributed by atoms with Gasteiger partial charge in [-0.2, -0.15) is 4.31 Å². The Morgan fingerprint density at radius 3 is 2.35 bits per heavy atom. The highest BCUT2D eigenvalue weighted by Gasteiger charge is 2.31. The molecule has 26 heavy (non-hydrogen) atoms. The SMILES string of the molecule is COc1ccc(S(=O)(=O)N2CCN(C(=O)CN3CSCC3=O)CC2)cc1. The second-order valence-corrected chi connectivity index (χ2v) is 8.92. The third kappa shape index (κ3) is 3.97. The van der Waals surface area contributed by atoms with Crippen molar-refractivity contribution in [1.82, 2.24) is 14.1 Å². The summed E-state index contributed by atoms with van der Waals surface area (Å²) in [6.07, 6.45) is 0. The highest BCUT2D eigenvalue weighted by Crippen LogP contribution is 2.21. The Balaban J connectivity index is 1.58. The van der Waals surface area contributed by atoms with E-state index in [4.69, 9.17) is 4.74 Å². The molecule has 0 radical (unpaired) electrons. The first-order valence-electron chi connectivity index (χ1n) is 8.19. The minimum Gasteiger partial charge on any atom is -0.497 e. The predicted octanol–water partition coefficient (Wildman–Crippen LogP) is 0.0610. The first-order valence-corrected chi connectivity index (χ1v) is 10.8. The first-order chi connectivity index (χ1) is 12.4. The number of benzene rings is 1. The van der Waals surface area contributed by atoms with E-state index in [2.05, 4.69) is 0 Å². The van der Waals surface area contributed by atoms with Crippen LogP contribution in [0.2, 0.25) is 0 Å². The number of carbonyl (C=O) groups is 2. The topological polar surface area (TPSA) is 87.2 Å². The number of carbonyl (C=O) groups excluding carboxylic acids is 2. The molecule has 1 aromatic rings. The number of hydrogen-bond acceptors (Lipinski definition) is 6. The van der Waals surface area contributed by atoms with Gasteiger partial charge in [0.1, 0.15) is 12.3 Å². The van der Waals surface area contributed by atoms with Crippen LogP contribution in [0.3, 0.4) is 0 Å². The summed E-state index contributed by atoms with van der Waals surface area (Å²) in [5.41, 5.74) is 0. The summed E-state index contributed by atoms with van der Waals surface area (Å²) in [5, 5.41) is 0. The van der Waals surface area contributed by atoms with Gasteiger partial charge in [-0.05, 0) is 24.3 Å². The molecule has 2 amide bonds. The number of methoxy groups -OCH3 is 1. The van der Waals surface area contributed by atoms with Crippen molar-refractivity contribution >= 4 is 33.6 Å². The lowest BCUT2D eigenvalue weighted by Gasteiger charge is -2.34. The number of thioether (sulfide) groups is 1. The molecule has 0 atom stereocenters. The van der Waals surface area contributed by atoms with Crippen molar-refractivity contribution in [2.24, 2.45) is 0 Å². The van der Waals surface area contributed by atoms with E-state index in [-0.39, 0.29) is 36.3 Å². The van der Waals surface area contributed by atoms with Gasteiger partial charge < -0.3 is 14.5 Å². The summed E-state index contributed by atoms with van der Waals surface area (Å²) in [6.45, 7) is 1.19. The summed E-state index contributed by atoms with van der Waals surface area (Å²) in [4.78, 5) is 27.3. The van der Waals surface area contributed by atoms with Crippen LogP contribution in [0.25, 0.3) is 0 Å². The van der Waals surface area contributed by atoms with Crippen molar-refractivity contribution < 1.29 is 22.7 Å². The molecule has 8 nitrogen and oxygen atoms in total. The van der Waals surface area contributed by atoms with Crippen LogP contribution in [0.15, 0.2) is 29.2 Å². The normalized spacial score (nSPS) is 19.0. The zero-order chi connectivity index (χ0) is 18.7. The smallest absolute Gasteiger partial charge is 0.243 e. The van der Waals surface area contributed by atoms with Crippen LogP contribution in [-0.2, 0) is 19.6 Å². The maximum atomic E-state index is 12.7. The number of amides is 2. The monoisotopic (exact) mass is 399 g/mol. The molecule has 0 saturated carbocycles. The Bertz CT molecular complexity index is 774. The van der Waals surface area contributed by atoms with Crippen molar-refractivity contribution in [1.29, 1.82) is 0 Å². The van der Waals surface area contributed by atoms with E-state index in [1.807, 2.05) is 0 Å². The molecule has 2 heterocycles. The molecular weight excluding hydrogens is 378 g/mol. The zero-order valence-electron chi connectivity index (χ0n) is 14.5. The minimum atomic E-state index is -3.60. The van der Waals surface area contributed by atoms with Crippen LogP contribution in [0.4, 0.5) is 0 Å². The number of rotatable bonds is 5. The van der Waals surface area contributed by atoms with E-state index in [1.165, 1.54) is 40.2 Å². The molecule has 2 aliphatic heterocycles. The highest BCUT2D eigenvalue weighted by atomic mass is 32.2. The molecule has 2 saturated heterocycles. The van der Waals surface area contributed by atoms with E-state index in [9.17, 15) is 18.0 Å². The summed E-state index contributed by atoms with van der Waals surface area (Å²) >= 11 is 1.49. The lowest BCUT2D eigenvalue weighted by Crippen LogP contribution is -2.52. The summed E-state index contributed by atoms with van der Waals surface area (Å²) in [5.74, 6) is 1.39. The quantitative estimate of drug-likeness (QED) is 0.696. The van der Waals surface area contributed by atoms with Gasteiger partial charge in [0.2, 0.25) is 21.8 Å². The van der Waals surface area contributed by atoms with E-state index in [1.54, 1.807) is 17.0 Å². The number of ether oxygens (including phenoxy) is 1. The number of nitrogens with zero attached hydrogens (tertiary/aromatic N) is 3. The van der Waals surface area contributed by atoms with Crippen LogP contribution >= 0.6 is 11.8 Å². The van der Waals surface area contributed by atoms with Crippen LogP contribution in [-0.4, -0.2) is 85.8 Å². The van der Waals surface area contributed by atoms with Crippen molar-refractivity contribution in [2.75, 3.05) is 51.5 Å². The summed E-state index contributed by atoms with van der Waals surface area (Å²) < 4.78 is 31.9. The maximum Gasteiger partial charge on any atom is 0.243 e. The fraction of sp³-hybridized carbons (Fsp3) is 0.500. The van der Waals surface area contributed by atoms with E-state index in [0.29, 0.717) is 30.5 Å². The van der Waals surface area contributed by atoms with Gasteiger partial charge in [-0.25, -0.2) is 8.42 Å². The average molecular weight is 399 g/mol. The maximum absolute atomic E-state index is 12.7. The lowest BCUT2D eigenvalue weighted by atomic mass is 10.3. The molecule has 0 spiro atoms. The molecule has 0 aliphatic carbocycles. The van der Waals surface area contributed by atoms with E-state index >= 15 is 0 Å². The first kappa shape index (κ1) is 19.0. The van der Waals surface area contributed by atoms with Crippen molar-refractivity contribution in [2.45, 2.75) is 4.90 Å². The summed E-state index contributed by atoms with van der Waals surface area (Å²) in [6, 6.07) is 6.25. The van der Waals surface area contributed by atoms with Crippen LogP contribution in [0.1, 0.15) is 0 Å². The fourth-order valence-electron chi connectivity index (χ4n) is 2.88. The largest absolute Gasteiger partial charge is 0.497 e. The molecule has 2 aliphatic rings. The van der Waals surface area contributed by atoms with E-state index < -0.39 is 10.0 Å². The average Bonchev–Trinajstić information content (AvgIpc) is 3.06. The van der Waals surface area contributed by atoms with Gasteiger partial charge in [0, 0.05) is 26.2 Å². The zero-order valence-corrected chi connectivity index (χ0v) is 16.1. The van der Waals surface area contributed by atoms with Crippen molar-refractivity contribution in [3.05, 3.63) is 24.3 Å². The van der Waals surface area contributed by atoms with Crippen LogP contribution in [0.5, 0.6) is 5.75 Å². The Hall–Kier alpha value is -1.78. The Kier molecular flexibility index (Phi) is 5.73. The second kappa shape index (κ2) is 7.85. The van der Waals surface area contributed by atoms with Gasteiger partial charge in [-0.3, -0.25) is 9.59 Å². The van der Waals surface area contributed by atoms with Gasteiger partial charge in [-0.15, -0.1) is 11.8 Å². The molecule has 142 valence electrons. The van der Waals surface area contributed by atoms with Gasteiger partial charge in [-0.1, -0.05) is 0 Å².